The standard InChI is InChI=1S/C9H8N6O3/c10-5-8(9(16)12-11)14-13-6-2-1-3-7(4-6)15(17)18/h1-4,13H,11H2,(H,12,16). The lowest BCUT2D eigenvalue weighted by Gasteiger charge is -2.00. The first-order valence-electron chi connectivity index (χ1n) is 4.57. The average molecular weight is 248 g/mol. The van der Waals surface area contributed by atoms with Crippen LogP contribution >= 0.6 is 0 Å². The molecule has 18 heavy (non-hydrogen) atoms. The predicted octanol–water partition coefficient (Wildman–Crippen LogP) is -0.124. The van der Waals surface area contributed by atoms with Crippen LogP contribution in [-0.2, 0) is 4.79 Å². The van der Waals surface area contributed by atoms with E-state index in [1.807, 2.05) is 0 Å². The summed E-state index contributed by atoms with van der Waals surface area (Å²) in [7, 11) is 0. The summed E-state index contributed by atoms with van der Waals surface area (Å²) >= 11 is 0. The van der Waals surface area contributed by atoms with E-state index in [1.165, 1.54) is 30.3 Å². The molecular weight excluding hydrogens is 240 g/mol. The van der Waals surface area contributed by atoms with Crippen molar-refractivity contribution < 1.29 is 9.72 Å². The Balaban J connectivity index is 2.89. The summed E-state index contributed by atoms with van der Waals surface area (Å²) in [6.07, 6.45) is 0. The van der Waals surface area contributed by atoms with E-state index < -0.39 is 16.5 Å². The highest BCUT2D eigenvalue weighted by molar-refractivity contribution is 6.45. The Kier molecular flexibility index (Phi) is 4.30. The number of nitrogens with two attached hydrogens (primary N) is 1. The molecule has 1 aromatic rings. The molecular formula is C9H8N6O3. The average Bonchev–Trinajstić information content (AvgIpc) is 2.39. The maximum Gasteiger partial charge on any atom is 0.296 e. The number of benzene rings is 1. The number of hydrazine groups is 1. The van der Waals surface area contributed by atoms with Gasteiger partial charge in [-0.05, 0) is 6.07 Å². The fraction of sp³-hybridized carbons (Fsp3) is 0. The molecule has 0 aliphatic rings. The first kappa shape index (κ1) is 13.1. The zero-order valence-electron chi connectivity index (χ0n) is 8.95. The number of carbonyl (C=O) groups excluding carboxylic acids is 1. The highest BCUT2D eigenvalue weighted by Gasteiger charge is 2.09. The second-order valence-electron chi connectivity index (χ2n) is 2.96. The van der Waals surface area contributed by atoms with Crippen molar-refractivity contribution in [3.8, 4) is 6.07 Å². The number of nitrogens with zero attached hydrogens (tertiary/aromatic N) is 3. The number of nitro benzene ring substituents is 1. The molecule has 1 amide bonds. The number of non-ortho nitro benzene ring substituents is 1. The number of anilines is 1. The van der Waals surface area contributed by atoms with E-state index in [2.05, 4.69) is 10.5 Å². The van der Waals surface area contributed by atoms with Crippen LogP contribution in [0.25, 0.3) is 0 Å². The zero-order chi connectivity index (χ0) is 13.5. The lowest BCUT2D eigenvalue weighted by Crippen LogP contribution is -2.36. The zero-order valence-corrected chi connectivity index (χ0v) is 8.95. The minimum absolute atomic E-state index is 0.142. The second kappa shape index (κ2) is 5.92. The van der Waals surface area contributed by atoms with Gasteiger partial charge in [0.05, 0.1) is 10.6 Å². The van der Waals surface area contributed by atoms with Crippen molar-refractivity contribution in [3.63, 3.8) is 0 Å². The molecule has 4 N–H and O–H groups in total. The third-order valence-electron chi connectivity index (χ3n) is 1.81. The molecule has 0 radical (unpaired) electrons. The van der Waals surface area contributed by atoms with Gasteiger partial charge < -0.3 is 0 Å². The van der Waals surface area contributed by atoms with Gasteiger partial charge in [-0.25, -0.2) is 5.84 Å². The summed E-state index contributed by atoms with van der Waals surface area (Å²) in [4.78, 5) is 20.9. The Hall–Kier alpha value is -2.99. The molecule has 9 nitrogen and oxygen atoms in total. The quantitative estimate of drug-likeness (QED) is 0.222. The summed E-state index contributed by atoms with van der Waals surface area (Å²) < 4.78 is 0. The molecule has 0 atom stereocenters. The van der Waals surface area contributed by atoms with Gasteiger partial charge in [-0.1, -0.05) is 6.07 Å². The molecule has 0 heterocycles. The Labute approximate surface area is 101 Å². The van der Waals surface area contributed by atoms with Crippen LogP contribution in [0.5, 0.6) is 0 Å². The number of nitro groups is 1. The highest BCUT2D eigenvalue weighted by Crippen LogP contribution is 2.16. The van der Waals surface area contributed by atoms with E-state index in [-0.39, 0.29) is 11.4 Å². The molecule has 1 rings (SSSR count). The van der Waals surface area contributed by atoms with E-state index in [0.29, 0.717) is 0 Å². The van der Waals surface area contributed by atoms with Gasteiger partial charge >= 0.3 is 0 Å². The molecule has 1 aromatic carbocycles. The first-order valence-corrected chi connectivity index (χ1v) is 4.57. The van der Waals surface area contributed by atoms with E-state index in [0.717, 1.165) is 0 Å². The number of hydrogen-bond donors (Lipinski definition) is 3. The summed E-state index contributed by atoms with van der Waals surface area (Å²) in [5.41, 5.74) is 3.72. The molecule has 0 bridgehead atoms. The van der Waals surface area contributed by atoms with Crippen molar-refractivity contribution in [2.45, 2.75) is 0 Å². The molecule has 0 unspecified atom stereocenters. The minimum atomic E-state index is -0.865. The van der Waals surface area contributed by atoms with Crippen LogP contribution < -0.4 is 16.7 Å². The van der Waals surface area contributed by atoms with Crippen LogP contribution in [0.4, 0.5) is 11.4 Å². The topological polar surface area (TPSA) is 146 Å². The molecule has 0 fully saturated rings. The van der Waals surface area contributed by atoms with Crippen molar-refractivity contribution in [1.29, 1.82) is 5.26 Å². The lowest BCUT2D eigenvalue weighted by molar-refractivity contribution is -0.384. The smallest absolute Gasteiger partial charge is 0.288 e. The van der Waals surface area contributed by atoms with Gasteiger partial charge in [0.15, 0.2) is 0 Å². The monoisotopic (exact) mass is 248 g/mol. The second-order valence-corrected chi connectivity index (χ2v) is 2.96. The van der Waals surface area contributed by atoms with Gasteiger partial charge in [0.1, 0.15) is 6.07 Å². The van der Waals surface area contributed by atoms with Crippen molar-refractivity contribution in [1.82, 2.24) is 5.43 Å². The maximum absolute atomic E-state index is 11.0. The van der Waals surface area contributed by atoms with E-state index in [4.69, 9.17) is 11.1 Å². The number of hydrazone groups is 1. The highest BCUT2D eigenvalue weighted by atomic mass is 16.6. The maximum atomic E-state index is 11.0. The molecule has 9 heteroatoms. The van der Waals surface area contributed by atoms with Gasteiger partial charge in [0.25, 0.3) is 11.6 Å². The van der Waals surface area contributed by atoms with Crippen LogP contribution in [0.15, 0.2) is 29.4 Å². The largest absolute Gasteiger partial charge is 0.296 e. The van der Waals surface area contributed by atoms with Crippen LogP contribution in [0.3, 0.4) is 0 Å². The van der Waals surface area contributed by atoms with Gasteiger partial charge in [0.2, 0.25) is 5.71 Å². The van der Waals surface area contributed by atoms with E-state index >= 15 is 0 Å². The number of amides is 1. The van der Waals surface area contributed by atoms with Crippen molar-refractivity contribution >= 4 is 23.0 Å². The van der Waals surface area contributed by atoms with Crippen molar-refractivity contribution in [3.05, 3.63) is 34.4 Å². The number of rotatable bonds is 4. The predicted molar refractivity (Wildman–Crippen MR) is 62.1 cm³/mol. The number of nitriles is 1. The fourth-order valence-electron chi connectivity index (χ4n) is 1.00. The van der Waals surface area contributed by atoms with Gasteiger partial charge in [0, 0.05) is 12.1 Å². The third-order valence-corrected chi connectivity index (χ3v) is 1.81. The fourth-order valence-corrected chi connectivity index (χ4v) is 1.00. The lowest BCUT2D eigenvalue weighted by atomic mass is 10.3. The summed E-state index contributed by atoms with van der Waals surface area (Å²) in [5.74, 6) is 3.97. The molecule has 92 valence electrons. The Morgan fingerprint density at radius 2 is 2.28 bits per heavy atom. The van der Waals surface area contributed by atoms with Crippen LogP contribution in [0.2, 0.25) is 0 Å². The van der Waals surface area contributed by atoms with Gasteiger partial charge in [-0.15, -0.1) is 0 Å². The number of carbonyl (C=O) groups is 1. The SMILES string of the molecule is N#CC(=NNc1cccc([N+](=O)[O-])c1)C(=O)NN. The molecule has 0 aromatic heterocycles. The molecule has 0 saturated carbocycles. The molecule has 0 aliphatic heterocycles. The Morgan fingerprint density at radius 3 is 2.83 bits per heavy atom. The van der Waals surface area contributed by atoms with Crippen molar-refractivity contribution in [2.75, 3.05) is 5.43 Å². The van der Waals surface area contributed by atoms with E-state index in [9.17, 15) is 14.9 Å². The van der Waals surface area contributed by atoms with Crippen LogP contribution in [0, 0.1) is 21.4 Å². The number of hydrogen-bond acceptors (Lipinski definition) is 7. The third kappa shape index (κ3) is 3.26. The minimum Gasteiger partial charge on any atom is -0.288 e. The Bertz CT molecular complexity index is 547. The molecule has 0 aliphatic carbocycles. The summed E-state index contributed by atoms with van der Waals surface area (Å²) in [5, 5.41) is 22.6. The number of nitrogens with one attached hydrogen (secondary N) is 2. The van der Waals surface area contributed by atoms with Crippen molar-refractivity contribution in [2.24, 2.45) is 10.9 Å². The molecule has 0 spiro atoms. The summed E-state index contributed by atoms with van der Waals surface area (Å²) in [6.45, 7) is 0. The normalized spacial score (nSPS) is 10.3. The van der Waals surface area contributed by atoms with Crippen LogP contribution in [0.1, 0.15) is 0 Å². The summed E-state index contributed by atoms with van der Waals surface area (Å²) in [6, 6.07) is 6.95. The van der Waals surface area contributed by atoms with E-state index in [1.54, 1.807) is 5.43 Å². The molecule has 0 saturated heterocycles. The Morgan fingerprint density at radius 1 is 1.56 bits per heavy atom. The van der Waals surface area contributed by atoms with Gasteiger partial charge in [-0.2, -0.15) is 10.4 Å². The first-order chi connectivity index (χ1) is 8.58. The van der Waals surface area contributed by atoms with Crippen LogP contribution in [-0.4, -0.2) is 16.5 Å². The van der Waals surface area contributed by atoms with Gasteiger partial charge in [-0.3, -0.25) is 25.8 Å².